The fourth-order valence-corrected chi connectivity index (χ4v) is 3.78. The summed E-state index contributed by atoms with van der Waals surface area (Å²) in [6.07, 6.45) is 1.83. The third-order valence-corrected chi connectivity index (χ3v) is 5.58. The molecule has 0 spiro atoms. The number of thioether (sulfide) groups is 1. The van der Waals surface area contributed by atoms with Crippen LogP contribution in [-0.4, -0.2) is 26.8 Å². The molecule has 2 heterocycles. The number of imidazole rings is 1. The zero-order valence-electron chi connectivity index (χ0n) is 16.1. The lowest BCUT2D eigenvalue weighted by Crippen LogP contribution is -2.16. The summed E-state index contributed by atoms with van der Waals surface area (Å²) in [6, 6.07) is 19.5. The van der Waals surface area contributed by atoms with Crippen molar-refractivity contribution in [3.8, 4) is 11.3 Å². The number of halogens is 1. The van der Waals surface area contributed by atoms with Crippen LogP contribution in [0.3, 0.4) is 0 Å². The standard InChI is InChI=1S/C23H18FN3O2S/c1-15(28)17-10-11-19(18(24)13-17)30-14-21(29)26-23-22(16-7-3-2-4-8-16)25-20-9-5-6-12-27(20)23/h2-13H,14H2,1H3,(H,26,29). The maximum absolute atomic E-state index is 14.2. The molecule has 30 heavy (non-hydrogen) atoms. The summed E-state index contributed by atoms with van der Waals surface area (Å²) in [6.45, 7) is 1.38. The van der Waals surface area contributed by atoms with Gasteiger partial charge in [0.25, 0.3) is 0 Å². The number of nitrogens with one attached hydrogen (secondary N) is 1. The van der Waals surface area contributed by atoms with Gasteiger partial charge in [-0.05, 0) is 31.2 Å². The van der Waals surface area contributed by atoms with Crippen molar-refractivity contribution in [2.24, 2.45) is 0 Å². The highest BCUT2D eigenvalue weighted by molar-refractivity contribution is 8.00. The van der Waals surface area contributed by atoms with E-state index in [1.54, 1.807) is 6.07 Å². The van der Waals surface area contributed by atoms with Gasteiger partial charge < -0.3 is 5.32 Å². The number of ketones is 1. The number of fused-ring (bicyclic) bond motifs is 1. The molecule has 0 unspecified atom stereocenters. The molecule has 0 atom stereocenters. The summed E-state index contributed by atoms with van der Waals surface area (Å²) in [7, 11) is 0. The lowest BCUT2D eigenvalue weighted by Gasteiger charge is -2.08. The van der Waals surface area contributed by atoms with Gasteiger partial charge in [-0.2, -0.15) is 0 Å². The average Bonchev–Trinajstić information content (AvgIpc) is 3.12. The molecule has 0 aliphatic heterocycles. The first-order chi connectivity index (χ1) is 14.5. The van der Waals surface area contributed by atoms with Crippen LogP contribution in [0.5, 0.6) is 0 Å². The smallest absolute Gasteiger partial charge is 0.235 e. The van der Waals surface area contributed by atoms with Gasteiger partial charge in [-0.3, -0.25) is 14.0 Å². The first-order valence-corrected chi connectivity index (χ1v) is 10.3. The Hall–Kier alpha value is -3.45. The van der Waals surface area contributed by atoms with Crippen LogP contribution >= 0.6 is 11.8 Å². The Morgan fingerprint density at radius 3 is 2.57 bits per heavy atom. The second kappa shape index (κ2) is 8.51. The molecule has 0 saturated heterocycles. The number of benzene rings is 2. The lowest BCUT2D eigenvalue weighted by atomic mass is 10.1. The molecular weight excluding hydrogens is 401 g/mol. The normalized spacial score (nSPS) is 10.9. The molecule has 2 aromatic carbocycles. The average molecular weight is 419 g/mol. The predicted molar refractivity (Wildman–Crippen MR) is 116 cm³/mol. The molecule has 0 radical (unpaired) electrons. The largest absolute Gasteiger partial charge is 0.309 e. The van der Waals surface area contributed by atoms with E-state index in [0.717, 1.165) is 17.3 Å². The van der Waals surface area contributed by atoms with E-state index in [0.29, 0.717) is 27.6 Å². The molecule has 5 nitrogen and oxygen atoms in total. The molecule has 4 aromatic rings. The van der Waals surface area contributed by atoms with Crippen LogP contribution in [0, 0.1) is 5.82 Å². The highest BCUT2D eigenvalue weighted by Crippen LogP contribution is 2.29. The highest BCUT2D eigenvalue weighted by atomic mass is 32.2. The Balaban J connectivity index is 1.56. The minimum atomic E-state index is -0.514. The van der Waals surface area contributed by atoms with Crippen LogP contribution in [0.25, 0.3) is 16.9 Å². The first-order valence-electron chi connectivity index (χ1n) is 9.28. The summed E-state index contributed by atoms with van der Waals surface area (Å²) in [5, 5.41) is 2.92. The fraction of sp³-hybridized carbons (Fsp3) is 0.0870. The van der Waals surface area contributed by atoms with Gasteiger partial charge in [0.2, 0.25) is 5.91 Å². The molecule has 1 amide bonds. The topological polar surface area (TPSA) is 63.5 Å². The van der Waals surface area contributed by atoms with Crippen LogP contribution in [0.15, 0.2) is 77.8 Å². The number of aromatic nitrogens is 2. The third-order valence-electron chi connectivity index (χ3n) is 4.53. The van der Waals surface area contributed by atoms with E-state index in [4.69, 9.17) is 0 Å². The molecule has 0 aliphatic rings. The van der Waals surface area contributed by atoms with Crippen molar-refractivity contribution < 1.29 is 14.0 Å². The van der Waals surface area contributed by atoms with E-state index in [1.165, 1.54) is 19.1 Å². The van der Waals surface area contributed by atoms with Gasteiger partial charge >= 0.3 is 0 Å². The van der Waals surface area contributed by atoms with E-state index < -0.39 is 5.82 Å². The molecule has 0 bridgehead atoms. The fourth-order valence-electron chi connectivity index (χ4n) is 3.06. The Labute approximate surface area is 177 Å². The molecule has 4 rings (SSSR count). The highest BCUT2D eigenvalue weighted by Gasteiger charge is 2.17. The Kier molecular flexibility index (Phi) is 5.63. The molecule has 0 saturated carbocycles. The Morgan fingerprint density at radius 2 is 1.83 bits per heavy atom. The number of nitrogens with zero attached hydrogens (tertiary/aromatic N) is 2. The summed E-state index contributed by atoms with van der Waals surface area (Å²) >= 11 is 1.08. The number of anilines is 1. The quantitative estimate of drug-likeness (QED) is 0.350. The lowest BCUT2D eigenvalue weighted by molar-refractivity contribution is -0.113. The van der Waals surface area contributed by atoms with Gasteiger partial charge in [-0.15, -0.1) is 11.8 Å². The van der Waals surface area contributed by atoms with Crippen LogP contribution < -0.4 is 5.32 Å². The second-order valence-electron chi connectivity index (χ2n) is 6.64. The Morgan fingerprint density at radius 1 is 1.07 bits per heavy atom. The summed E-state index contributed by atoms with van der Waals surface area (Å²) in [4.78, 5) is 29.0. The maximum Gasteiger partial charge on any atom is 0.235 e. The summed E-state index contributed by atoms with van der Waals surface area (Å²) < 4.78 is 16.0. The zero-order chi connectivity index (χ0) is 21.1. The minimum absolute atomic E-state index is 0.0185. The van der Waals surface area contributed by atoms with E-state index in [1.807, 2.05) is 59.1 Å². The monoisotopic (exact) mass is 419 g/mol. The summed E-state index contributed by atoms with van der Waals surface area (Å²) in [5.74, 6) is -0.415. The van der Waals surface area contributed by atoms with E-state index in [2.05, 4.69) is 10.3 Å². The van der Waals surface area contributed by atoms with Crippen molar-refractivity contribution in [1.82, 2.24) is 9.38 Å². The van der Waals surface area contributed by atoms with Crippen molar-refractivity contribution in [1.29, 1.82) is 0 Å². The van der Waals surface area contributed by atoms with Crippen molar-refractivity contribution in [2.75, 3.05) is 11.1 Å². The van der Waals surface area contributed by atoms with Crippen LogP contribution in [0.1, 0.15) is 17.3 Å². The Bertz CT molecular complexity index is 1240. The van der Waals surface area contributed by atoms with Gasteiger partial charge in [0.05, 0.1) is 5.75 Å². The van der Waals surface area contributed by atoms with E-state index >= 15 is 0 Å². The van der Waals surface area contributed by atoms with Crippen LogP contribution in [0.2, 0.25) is 0 Å². The first kappa shape index (κ1) is 19.8. The van der Waals surface area contributed by atoms with Crippen molar-refractivity contribution in [2.45, 2.75) is 11.8 Å². The van der Waals surface area contributed by atoms with Gasteiger partial charge in [0, 0.05) is 22.2 Å². The molecule has 150 valence electrons. The number of amides is 1. The number of rotatable bonds is 6. The SMILES string of the molecule is CC(=O)c1ccc(SCC(=O)Nc2c(-c3ccccc3)nc3ccccn23)c(F)c1. The zero-order valence-corrected chi connectivity index (χ0v) is 16.9. The van der Waals surface area contributed by atoms with E-state index in [9.17, 15) is 14.0 Å². The number of carbonyl (C=O) groups is 2. The van der Waals surface area contributed by atoms with Gasteiger partial charge in [-0.1, -0.05) is 42.5 Å². The summed E-state index contributed by atoms with van der Waals surface area (Å²) in [5.41, 5.74) is 2.57. The minimum Gasteiger partial charge on any atom is -0.309 e. The number of hydrogen-bond donors (Lipinski definition) is 1. The van der Waals surface area contributed by atoms with Gasteiger partial charge in [-0.25, -0.2) is 9.37 Å². The molecule has 2 aromatic heterocycles. The van der Waals surface area contributed by atoms with Crippen molar-refractivity contribution in [3.63, 3.8) is 0 Å². The third kappa shape index (κ3) is 4.11. The molecule has 7 heteroatoms. The second-order valence-corrected chi connectivity index (χ2v) is 7.66. The molecule has 1 N–H and O–H groups in total. The van der Waals surface area contributed by atoms with Crippen LogP contribution in [-0.2, 0) is 4.79 Å². The number of Topliss-reactive ketones (excluding diaryl/α,β-unsaturated/α-hetero) is 1. The van der Waals surface area contributed by atoms with Gasteiger partial charge in [0.15, 0.2) is 5.78 Å². The van der Waals surface area contributed by atoms with Gasteiger partial charge in [0.1, 0.15) is 23.0 Å². The molecule has 0 fully saturated rings. The predicted octanol–water partition coefficient (Wildman–Crippen LogP) is 5.07. The molecule has 0 aliphatic carbocycles. The number of carbonyl (C=O) groups excluding carboxylic acids is 2. The number of pyridine rings is 1. The van der Waals surface area contributed by atoms with E-state index in [-0.39, 0.29) is 17.4 Å². The number of hydrogen-bond acceptors (Lipinski definition) is 4. The van der Waals surface area contributed by atoms with Crippen molar-refractivity contribution >= 4 is 34.9 Å². The molecular formula is C23H18FN3O2S. The van der Waals surface area contributed by atoms with Crippen molar-refractivity contribution in [3.05, 3.63) is 84.3 Å². The maximum atomic E-state index is 14.2. The van der Waals surface area contributed by atoms with Crippen LogP contribution in [0.4, 0.5) is 10.2 Å².